The Balaban J connectivity index is 1.83. The van der Waals surface area contributed by atoms with E-state index in [1.54, 1.807) is 13.4 Å². The Bertz CT molecular complexity index is 570. The lowest BCUT2D eigenvalue weighted by atomic mass is 10.00. The van der Waals surface area contributed by atoms with Gasteiger partial charge in [-0.25, -0.2) is 0 Å². The molecule has 112 valence electrons. The van der Waals surface area contributed by atoms with Crippen molar-refractivity contribution in [3.8, 4) is 0 Å². The third-order valence-corrected chi connectivity index (χ3v) is 5.03. The summed E-state index contributed by atoms with van der Waals surface area (Å²) in [7, 11) is 1.73. The predicted molar refractivity (Wildman–Crippen MR) is 85.6 cm³/mol. The van der Waals surface area contributed by atoms with E-state index in [0.717, 1.165) is 12.2 Å². The summed E-state index contributed by atoms with van der Waals surface area (Å²) in [6, 6.07) is 13.0. The molecule has 4 heteroatoms. The van der Waals surface area contributed by atoms with Gasteiger partial charge in [-0.3, -0.25) is 5.32 Å². The molecule has 0 amide bonds. The minimum atomic E-state index is 0.0818. The van der Waals surface area contributed by atoms with Gasteiger partial charge in [0.2, 0.25) is 0 Å². The fourth-order valence-electron chi connectivity index (χ4n) is 2.87. The maximum atomic E-state index is 5.56. The zero-order valence-corrected chi connectivity index (χ0v) is 13.2. The third kappa shape index (κ3) is 3.34. The Morgan fingerprint density at radius 2 is 2.19 bits per heavy atom. The van der Waals surface area contributed by atoms with E-state index in [9.17, 15) is 0 Å². The van der Waals surface area contributed by atoms with Gasteiger partial charge in [-0.2, -0.15) is 0 Å². The molecule has 2 aromatic rings. The van der Waals surface area contributed by atoms with Crippen molar-refractivity contribution in [3.05, 3.63) is 54.0 Å². The van der Waals surface area contributed by atoms with Gasteiger partial charge in [-0.1, -0.05) is 25.1 Å². The van der Waals surface area contributed by atoms with Gasteiger partial charge in [-0.15, -0.1) is 11.8 Å². The van der Waals surface area contributed by atoms with Crippen molar-refractivity contribution in [2.75, 3.05) is 13.7 Å². The van der Waals surface area contributed by atoms with Crippen LogP contribution < -0.4 is 5.32 Å². The first-order valence-corrected chi connectivity index (χ1v) is 8.20. The molecule has 0 fully saturated rings. The van der Waals surface area contributed by atoms with Gasteiger partial charge < -0.3 is 9.15 Å². The number of benzene rings is 1. The predicted octanol–water partition coefficient (Wildman–Crippen LogP) is 4.18. The van der Waals surface area contributed by atoms with Crippen LogP contribution in [0.1, 0.15) is 36.8 Å². The molecular weight excluding hydrogens is 282 g/mol. The second-order valence-corrected chi connectivity index (χ2v) is 6.92. The highest BCUT2D eigenvalue weighted by Gasteiger charge is 2.28. The van der Waals surface area contributed by atoms with Crippen LogP contribution in [0.4, 0.5) is 0 Å². The lowest BCUT2D eigenvalue weighted by Gasteiger charge is -2.32. The Labute approximate surface area is 130 Å². The van der Waals surface area contributed by atoms with E-state index in [2.05, 4.69) is 36.5 Å². The molecule has 1 aromatic carbocycles. The molecule has 21 heavy (non-hydrogen) atoms. The molecule has 1 aliphatic rings. The molecule has 1 N–H and O–H groups in total. The van der Waals surface area contributed by atoms with Crippen molar-refractivity contribution in [1.82, 2.24) is 5.32 Å². The molecule has 0 radical (unpaired) electrons. The van der Waals surface area contributed by atoms with E-state index in [0.29, 0.717) is 17.9 Å². The average molecular weight is 303 g/mol. The molecule has 3 nitrogen and oxygen atoms in total. The molecular formula is C17H21NO2S. The Kier molecular flexibility index (Phi) is 4.68. The summed E-state index contributed by atoms with van der Waals surface area (Å²) in [6.07, 6.45) is 2.83. The number of methoxy groups -OCH3 is 1. The summed E-state index contributed by atoms with van der Waals surface area (Å²) in [4.78, 5) is 1.38. The lowest BCUT2D eigenvalue weighted by Crippen LogP contribution is -2.32. The second-order valence-electron chi connectivity index (χ2n) is 5.44. The van der Waals surface area contributed by atoms with E-state index in [1.165, 1.54) is 10.5 Å². The average Bonchev–Trinajstić information content (AvgIpc) is 3.00. The molecule has 3 atom stereocenters. The van der Waals surface area contributed by atoms with Crippen LogP contribution in [-0.2, 0) is 4.74 Å². The van der Waals surface area contributed by atoms with Crippen molar-refractivity contribution in [3.63, 3.8) is 0 Å². The minimum absolute atomic E-state index is 0.0818. The molecule has 0 spiro atoms. The smallest absolute Gasteiger partial charge is 0.123 e. The highest BCUT2D eigenvalue weighted by Crippen LogP contribution is 2.41. The topological polar surface area (TPSA) is 34.4 Å². The number of rotatable bonds is 5. The monoisotopic (exact) mass is 303 g/mol. The second kappa shape index (κ2) is 6.69. The van der Waals surface area contributed by atoms with Crippen LogP contribution in [0.2, 0.25) is 0 Å². The first-order chi connectivity index (χ1) is 10.3. The van der Waals surface area contributed by atoms with Crippen LogP contribution in [-0.4, -0.2) is 19.0 Å². The largest absolute Gasteiger partial charge is 0.468 e. The van der Waals surface area contributed by atoms with Gasteiger partial charge in [0.1, 0.15) is 5.76 Å². The van der Waals surface area contributed by atoms with Crippen molar-refractivity contribution in [2.45, 2.75) is 35.6 Å². The molecule has 0 saturated heterocycles. The number of ether oxygens (including phenoxy) is 1. The lowest BCUT2D eigenvalue weighted by molar-refractivity contribution is 0.149. The minimum Gasteiger partial charge on any atom is -0.468 e. The van der Waals surface area contributed by atoms with Crippen LogP contribution in [0.5, 0.6) is 0 Å². The zero-order valence-electron chi connectivity index (χ0n) is 12.4. The number of thioether (sulfide) groups is 1. The van der Waals surface area contributed by atoms with E-state index >= 15 is 0 Å². The zero-order chi connectivity index (χ0) is 14.7. The summed E-state index contributed by atoms with van der Waals surface area (Å²) in [5.41, 5.74) is 1.38. The molecule has 3 unspecified atom stereocenters. The van der Waals surface area contributed by atoms with Gasteiger partial charge >= 0.3 is 0 Å². The first-order valence-electron chi connectivity index (χ1n) is 7.32. The fraction of sp³-hybridized carbons (Fsp3) is 0.412. The summed E-state index contributed by atoms with van der Waals surface area (Å²) < 4.78 is 10.9. The highest BCUT2D eigenvalue weighted by molar-refractivity contribution is 8.00. The fourth-order valence-corrected chi connectivity index (χ4v) is 4.09. The Hall–Kier alpha value is -1.23. The Morgan fingerprint density at radius 3 is 2.95 bits per heavy atom. The SMILES string of the molecule is COCC(NC1CC(C)Sc2ccccc21)c1ccco1. The molecule has 0 saturated carbocycles. The molecule has 0 aliphatic carbocycles. The van der Waals surface area contributed by atoms with Crippen LogP contribution in [0.25, 0.3) is 0 Å². The quantitative estimate of drug-likeness (QED) is 0.898. The van der Waals surface area contributed by atoms with Gasteiger partial charge in [0.25, 0.3) is 0 Å². The molecule has 2 heterocycles. The highest BCUT2D eigenvalue weighted by atomic mass is 32.2. The number of hydrogen-bond donors (Lipinski definition) is 1. The maximum absolute atomic E-state index is 5.56. The maximum Gasteiger partial charge on any atom is 0.123 e. The van der Waals surface area contributed by atoms with Crippen LogP contribution in [0.3, 0.4) is 0 Å². The number of fused-ring (bicyclic) bond motifs is 1. The van der Waals surface area contributed by atoms with Crippen LogP contribution in [0.15, 0.2) is 52.0 Å². The standard InChI is InChI=1S/C17H21NO2S/c1-12-10-14(13-6-3-4-8-17(13)21-12)18-15(11-19-2)16-7-5-9-20-16/h3-9,12,14-15,18H,10-11H2,1-2H3. The van der Waals surface area contributed by atoms with E-state index in [4.69, 9.17) is 9.15 Å². The van der Waals surface area contributed by atoms with Gasteiger partial charge in [0.05, 0.1) is 18.9 Å². The number of furan rings is 1. The Morgan fingerprint density at radius 1 is 1.33 bits per heavy atom. The summed E-state index contributed by atoms with van der Waals surface area (Å²) in [5, 5.41) is 4.32. The number of hydrogen-bond acceptors (Lipinski definition) is 4. The molecule has 1 aliphatic heterocycles. The first kappa shape index (κ1) is 14.7. The summed E-state index contributed by atoms with van der Waals surface area (Å²) >= 11 is 1.96. The van der Waals surface area contributed by atoms with Gasteiger partial charge in [0, 0.05) is 23.3 Å². The normalized spacial score (nSPS) is 22.8. The number of nitrogens with one attached hydrogen (secondary N) is 1. The van der Waals surface area contributed by atoms with E-state index < -0.39 is 0 Å². The van der Waals surface area contributed by atoms with Crippen LogP contribution >= 0.6 is 11.8 Å². The van der Waals surface area contributed by atoms with Crippen molar-refractivity contribution >= 4 is 11.8 Å². The van der Waals surface area contributed by atoms with Crippen molar-refractivity contribution < 1.29 is 9.15 Å². The van der Waals surface area contributed by atoms with E-state index in [-0.39, 0.29) is 6.04 Å². The van der Waals surface area contributed by atoms with Crippen LogP contribution in [0, 0.1) is 0 Å². The summed E-state index contributed by atoms with van der Waals surface area (Å²) in [6.45, 7) is 2.89. The summed E-state index contributed by atoms with van der Waals surface area (Å²) in [5.74, 6) is 0.931. The van der Waals surface area contributed by atoms with Crippen molar-refractivity contribution in [1.29, 1.82) is 0 Å². The molecule has 1 aromatic heterocycles. The third-order valence-electron chi connectivity index (χ3n) is 3.81. The van der Waals surface area contributed by atoms with E-state index in [1.807, 2.05) is 23.9 Å². The molecule has 3 rings (SSSR count). The molecule has 0 bridgehead atoms. The van der Waals surface area contributed by atoms with Crippen molar-refractivity contribution in [2.24, 2.45) is 0 Å². The van der Waals surface area contributed by atoms with Gasteiger partial charge in [-0.05, 0) is 30.2 Å². The van der Waals surface area contributed by atoms with Gasteiger partial charge in [0.15, 0.2) is 0 Å².